The van der Waals surface area contributed by atoms with Gasteiger partial charge in [-0.15, -0.1) is 0 Å². The van der Waals surface area contributed by atoms with Crippen LogP contribution in [-0.4, -0.2) is 22.8 Å². The summed E-state index contributed by atoms with van der Waals surface area (Å²) >= 11 is 11.9. The van der Waals surface area contributed by atoms with Crippen molar-refractivity contribution < 1.29 is 4.79 Å². The number of nitrogens with zero attached hydrogens (tertiary/aromatic N) is 2. The number of nitrogens with two attached hydrogens (primary N) is 1. The SMILES string of the molecule is CN(Cc1ccc(Cl)cc1Cl)C(=O)c1ncccc1N. The number of hydrogen-bond acceptors (Lipinski definition) is 3. The van der Waals surface area contributed by atoms with E-state index >= 15 is 0 Å². The molecule has 20 heavy (non-hydrogen) atoms. The van der Waals surface area contributed by atoms with Crippen molar-refractivity contribution >= 4 is 34.8 Å². The fourth-order valence-corrected chi connectivity index (χ4v) is 2.22. The van der Waals surface area contributed by atoms with Crippen LogP contribution in [-0.2, 0) is 6.54 Å². The number of hydrogen-bond donors (Lipinski definition) is 1. The van der Waals surface area contributed by atoms with Crippen LogP contribution >= 0.6 is 23.2 Å². The van der Waals surface area contributed by atoms with Gasteiger partial charge >= 0.3 is 0 Å². The zero-order chi connectivity index (χ0) is 14.7. The number of nitrogen functional groups attached to an aromatic ring is 1. The summed E-state index contributed by atoms with van der Waals surface area (Å²) < 4.78 is 0. The average molecular weight is 310 g/mol. The smallest absolute Gasteiger partial charge is 0.274 e. The van der Waals surface area contributed by atoms with Crippen molar-refractivity contribution in [1.82, 2.24) is 9.88 Å². The lowest BCUT2D eigenvalue weighted by Gasteiger charge is -2.18. The molecular weight excluding hydrogens is 297 g/mol. The Balaban J connectivity index is 2.18. The fraction of sp³-hybridized carbons (Fsp3) is 0.143. The van der Waals surface area contributed by atoms with Gasteiger partial charge in [-0.25, -0.2) is 4.98 Å². The highest BCUT2D eigenvalue weighted by Gasteiger charge is 2.17. The first kappa shape index (κ1) is 14.6. The molecule has 2 N–H and O–H groups in total. The first-order chi connectivity index (χ1) is 9.49. The third-order valence-electron chi connectivity index (χ3n) is 2.81. The van der Waals surface area contributed by atoms with Crippen LogP contribution in [0.15, 0.2) is 36.5 Å². The van der Waals surface area contributed by atoms with E-state index in [1.807, 2.05) is 0 Å². The van der Waals surface area contributed by atoms with E-state index in [1.165, 1.54) is 11.1 Å². The zero-order valence-electron chi connectivity index (χ0n) is 10.8. The van der Waals surface area contributed by atoms with Gasteiger partial charge in [0.2, 0.25) is 0 Å². The summed E-state index contributed by atoms with van der Waals surface area (Å²) in [5.41, 5.74) is 7.15. The van der Waals surface area contributed by atoms with Crippen LogP contribution in [0.1, 0.15) is 16.1 Å². The van der Waals surface area contributed by atoms with Crippen molar-refractivity contribution in [2.24, 2.45) is 0 Å². The van der Waals surface area contributed by atoms with E-state index in [-0.39, 0.29) is 11.6 Å². The Morgan fingerprint density at radius 2 is 2.10 bits per heavy atom. The highest BCUT2D eigenvalue weighted by molar-refractivity contribution is 6.35. The minimum Gasteiger partial charge on any atom is -0.397 e. The Morgan fingerprint density at radius 3 is 2.75 bits per heavy atom. The topological polar surface area (TPSA) is 59.2 Å². The highest BCUT2D eigenvalue weighted by Crippen LogP contribution is 2.22. The Morgan fingerprint density at radius 1 is 1.35 bits per heavy atom. The standard InChI is InChI=1S/C14H13Cl2N3O/c1-19(8-9-4-5-10(15)7-11(9)16)14(20)13-12(17)3-2-6-18-13/h2-7H,8,17H2,1H3. The zero-order valence-corrected chi connectivity index (χ0v) is 12.3. The molecule has 2 aromatic rings. The lowest BCUT2D eigenvalue weighted by atomic mass is 10.2. The second-order valence-electron chi connectivity index (χ2n) is 4.34. The Hall–Kier alpha value is -1.78. The lowest BCUT2D eigenvalue weighted by Crippen LogP contribution is -2.28. The molecule has 0 aliphatic carbocycles. The summed E-state index contributed by atoms with van der Waals surface area (Å²) in [7, 11) is 1.67. The lowest BCUT2D eigenvalue weighted by molar-refractivity contribution is 0.0780. The molecular formula is C14H13Cl2N3O. The summed E-state index contributed by atoms with van der Waals surface area (Å²) in [5, 5.41) is 1.08. The normalized spacial score (nSPS) is 10.3. The largest absolute Gasteiger partial charge is 0.397 e. The van der Waals surface area contributed by atoms with Crippen molar-refractivity contribution in [3.63, 3.8) is 0 Å². The van der Waals surface area contributed by atoms with Crippen molar-refractivity contribution in [2.45, 2.75) is 6.54 Å². The van der Waals surface area contributed by atoms with Crippen molar-refractivity contribution in [2.75, 3.05) is 12.8 Å². The molecule has 2 rings (SSSR count). The monoisotopic (exact) mass is 309 g/mol. The van der Waals surface area contributed by atoms with Gasteiger partial charge in [0.15, 0.2) is 5.69 Å². The Labute approximate surface area is 127 Å². The molecule has 0 atom stereocenters. The van der Waals surface area contributed by atoms with Crippen LogP contribution in [0.3, 0.4) is 0 Å². The molecule has 0 aliphatic rings. The molecule has 1 aromatic heterocycles. The van der Waals surface area contributed by atoms with Crippen LogP contribution in [0.4, 0.5) is 5.69 Å². The number of rotatable bonds is 3. The van der Waals surface area contributed by atoms with Gasteiger partial charge in [0.05, 0.1) is 5.69 Å². The second-order valence-corrected chi connectivity index (χ2v) is 5.18. The fourth-order valence-electron chi connectivity index (χ4n) is 1.75. The van der Waals surface area contributed by atoms with E-state index < -0.39 is 0 Å². The number of pyridine rings is 1. The molecule has 6 heteroatoms. The van der Waals surface area contributed by atoms with Gasteiger partial charge in [-0.05, 0) is 29.8 Å². The number of amides is 1. The average Bonchev–Trinajstić information content (AvgIpc) is 2.41. The summed E-state index contributed by atoms with van der Waals surface area (Å²) in [5.74, 6) is -0.255. The van der Waals surface area contributed by atoms with Crippen LogP contribution in [0.2, 0.25) is 10.0 Å². The summed E-state index contributed by atoms with van der Waals surface area (Å²) in [6.07, 6.45) is 1.53. The summed E-state index contributed by atoms with van der Waals surface area (Å²) in [6, 6.07) is 8.49. The number of carbonyl (C=O) groups excluding carboxylic acids is 1. The van der Waals surface area contributed by atoms with Crippen LogP contribution in [0.25, 0.3) is 0 Å². The van der Waals surface area contributed by atoms with E-state index in [0.717, 1.165) is 5.56 Å². The molecule has 0 saturated heterocycles. The number of anilines is 1. The van der Waals surface area contributed by atoms with Gasteiger partial charge in [-0.1, -0.05) is 29.3 Å². The Bertz CT molecular complexity index is 646. The second kappa shape index (κ2) is 6.11. The van der Waals surface area contributed by atoms with Crippen molar-refractivity contribution in [1.29, 1.82) is 0 Å². The molecule has 0 spiro atoms. The van der Waals surface area contributed by atoms with E-state index in [0.29, 0.717) is 22.3 Å². The molecule has 0 aliphatic heterocycles. The third-order valence-corrected chi connectivity index (χ3v) is 3.40. The number of carbonyl (C=O) groups is 1. The minimum absolute atomic E-state index is 0.236. The number of aromatic nitrogens is 1. The maximum absolute atomic E-state index is 12.3. The van der Waals surface area contributed by atoms with Crippen LogP contribution in [0, 0.1) is 0 Å². The van der Waals surface area contributed by atoms with Gasteiger partial charge in [-0.2, -0.15) is 0 Å². The van der Waals surface area contributed by atoms with Gasteiger partial charge < -0.3 is 10.6 Å². The van der Waals surface area contributed by atoms with E-state index in [2.05, 4.69) is 4.98 Å². The third kappa shape index (κ3) is 3.21. The molecule has 0 saturated carbocycles. The van der Waals surface area contributed by atoms with Gasteiger partial charge in [0.25, 0.3) is 5.91 Å². The summed E-state index contributed by atoms with van der Waals surface area (Å²) in [4.78, 5) is 17.8. The predicted octanol–water partition coefficient (Wildman–Crippen LogP) is 3.24. The highest BCUT2D eigenvalue weighted by atomic mass is 35.5. The number of benzene rings is 1. The quantitative estimate of drug-likeness (QED) is 0.947. The maximum atomic E-state index is 12.3. The van der Waals surface area contributed by atoms with E-state index in [4.69, 9.17) is 28.9 Å². The first-order valence-electron chi connectivity index (χ1n) is 5.89. The molecule has 104 valence electrons. The molecule has 1 aromatic carbocycles. The van der Waals surface area contributed by atoms with Crippen molar-refractivity contribution in [3.05, 3.63) is 57.8 Å². The minimum atomic E-state index is -0.255. The Kier molecular flexibility index (Phi) is 4.47. The molecule has 0 radical (unpaired) electrons. The molecule has 0 bridgehead atoms. The van der Waals surface area contributed by atoms with Gasteiger partial charge in [0, 0.05) is 29.8 Å². The van der Waals surface area contributed by atoms with Gasteiger partial charge in [0.1, 0.15) is 0 Å². The van der Waals surface area contributed by atoms with E-state index in [9.17, 15) is 4.79 Å². The molecule has 1 amide bonds. The molecule has 1 heterocycles. The summed E-state index contributed by atoms with van der Waals surface area (Å²) in [6.45, 7) is 0.352. The molecule has 4 nitrogen and oxygen atoms in total. The van der Waals surface area contributed by atoms with E-state index in [1.54, 1.807) is 37.4 Å². The van der Waals surface area contributed by atoms with Gasteiger partial charge in [-0.3, -0.25) is 4.79 Å². The number of halogens is 2. The van der Waals surface area contributed by atoms with Crippen LogP contribution < -0.4 is 5.73 Å². The van der Waals surface area contributed by atoms with Crippen LogP contribution in [0.5, 0.6) is 0 Å². The molecule has 0 fully saturated rings. The predicted molar refractivity (Wildman–Crippen MR) is 80.9 cm³/mol. The molecule has 0 unspecified atom stereocenters. The van der Waals surface area contributed by atoms with Crippen molar-refractivity contribution in [3.8, 4) is 0 Å². The maximum Gasteiger partial charge on any atom is 0.274 e. The first-order valence-corrected chi connectivity index (χ1v) is 6.64.